The Labute approximate surface area is 170 Å². The average Bonchev–Trinajstić information content (AvgIpc) is 2.71. The van der Waals surface area contributed by atoms with Crippen molar-refractivity contribution < 1.29 is 28.5 Å². The maximum atomic E-state index is 12.6. The number of rotatable bonds is 7. The van der Waals surface area contributed by atoms with Gasteiger partial charge in [0.15, 0.2) is 23.0 Å². The second-order valence-corrected chi connectivity index (χ2v) is 6.96. The Morgan fingerprint density at radius 2 is 1.62 bits per heavy atom. The van der Waals surface area contributed by atoms with Gasteiger partial charge >= 0.3 is 0 Å². The minimum Gasteiger partial charge on any atom is -0.493 e. The molecule has 1 aliphatic rings. The van der Waals surface area contributed by atoms with Gasteiger partial charge in [-0.15, -0.1) is 0 Å². The van der Waals surface area contributed by atoms with E-state index in [0.29, 0.717) is 34.4 Å². The van der Waals surface area contributed by atoms with Crippen LogP contribution in [0.3, 0.4) is 0 Å². The third-order valence-electron chi connectivity index (χ3n) is 4.84. The molecule has 2 aromatic carbocycles. The minimum absolute atomic E-state index is 0.0609. The number of hydrogen-bond acceptors (Lipinski definition) is 6. The summed E-state index contributed by atoms with van der Waals surface area (Å²) in [4.78, 5) is 12.6. The van der Waals surface area contributed by atoms with Crippen molar-refractivity contribution >= 4 is 11.6 Å². The van der Waals surface area contributed by atoms with Crippen molar-refractivity contribution in [2.24, 2.45) is 0 Å². The molecule has 0 radical (unpaired) electrons. The van der Waals surface area contributed by atoms with E-state index < -0.39 is 0 Å². The molecule has 0 aliphatic carbocycles. The van der Waals surface area contributed by atoms with Gasteiger partial charge in [-0.1, -0.05) is 12.1 Å². The highest BCUT2D eigenvalue weighted by Crippen LogP contribution is 2.53. The molecular weight excluding hydrogens is 374 g/mol. The first kappa shape index (κ1) is 20.6. The fourth-order valence-corrected chi connectivity index (χ4v) is 3.71. The number of fused-ring (bicyclic) bond motifs is 1. The first-order chi connectivity index (χ1) is 13.9. The van der Waals surface area contributed by atoms with E-state index in [1.807, 2.05) is 32.0 Å². The van der Waals surface area contributed by atoms with E-state index in [1.54, 1.807) is 34.5 Å². The number of ether oxygens (including phenoxy) is 5. The zero-order valence-corrected chi connectivity index (χ0v) is 17.6. The molecule has 0 saturated heterocycles. The lowest BCUT2D eigenvalue weighted by molar-refractivity contribution is -0.116. The van der Waals surface area contributed by atoms with Crippen LogP contribution in [0.25, 0.3) is 0 Å². The summed E-state index contributed by atoms with van der Waals surface area (Å²) < 4.78 is 28.3. The van der Waals surface area contributed by atoms with Crippen LogP contribution in [-0.4, -0.2) is 40.5 Å². The molecule has 1 aliphatic heterocycles. The number of carbonyl (C=O) groups excluding carboxylic acids is 1. The molecule has 7 nitrogen and oxygen atoms in total. The van der Waals surface area contributed by atoms with Crippen molar-refractivity contribution in [3.8, 4) is 28.7 Å². The van der Waals surface area contributed by atoms with E-state index in [4.69, 9.17) is 23.7 Å². The molecule has 0 bridgehead atoms. The molecule has 1 N–H and O–H groups in total. The molecule has 156 valence electrons. The minimum atomic E-state index is -0.308. The fourth-order valence-electron chi connectivity index (χ4n) is 3.71. The molecule has 0 aromatic heterocycles. The molecule has 7 heteroatoms. The van der Waals surface area contributed by atoms with Crippen molar-refractivity contribution in [2.75, 3.05) is 33.8 Å². The van der Waals surface area contributed by atoms with Gasteiger partial charge in [0.2, 0.25) is 11.7 Å². The first-order valence-corrected chi connectivity index (χ1v) is 9.41. The summed E-state index contributed by atoms with van der Waals surface area (Å²) in [6, 6.07) is 7.44. The average molecular weight is 401 g/mol. The van der Waals surface area contributed by atoms with Gasteiger partial charge in [-0.05, 0) is 19.9 Å². The summed E-state index contributed by atoms with van der Waals surface area (Å²) >= 11 is 0. The Bertz CT molecular complexity index is 909. The van der Waals surface area contributed by atoms with Crippen LogP contribution in [-0.2, 0) is 4.79 Å². The first-order valence-electron chi connectivity index (χ1n) is 9.41. The second kappa shape index (κ2) is 8.51. The molecule has 1 heterocycles. The van der Waals surface area contributed by atoms with Crippen LogP contribution >= 0.6 is 0 Å². The van der Waals surface area contributed by atoms with Crippen molar-refractivity contribution in [1.82, 2.24) is 0 Å². The van der Waals surface area contributed by atoms with Crippen molar-refractivity contribution in [2.45, 2.75) is 32.3 Å². The molecule has 1 amide bonds. The number of methoxy groups -OCH3 is 4. The predicted octanol–water partition coefficient (Wildman–Crippen LogP) is 3.98. The standard InChI is InChI=1S/C22H27NO6/c1-12(2)29-20-13(8-7-9-16(20)25-3)14-10-18(24)23-15-11-17(26-4)21(27-5)22(28-6)19(14)15/h7-9,11-12,14H,10H2,1-6H3,(H,23,24)/t14-/m1/s1. The lowest BCUT2D eigenvalue weighted by Crippen LogP contribution is -2.25. The number of nitrogens with one attached hydrogen (secondary N) is 1. The quantitative estimate of drug-likeness (QED) is 0.756. The van der Waals surface area contributed by atoms with Gasteiger partial charge < -0.3 is 29.0 Å². The van der Waals surface area contributed by atoms with Crippen molar-refractivity contribution in [3.63, 3.8) is 0 Å². The van der Waals surface area contributed by atoms with Crippen LogP contribution < -0.4 is 29.0 Å². The van der Waals surface area contributed by atoms with Gasteiger partial charge in [0.25, 0.3) is 0 Å². The smallest absolute Gasteiger partial charge is 0.225 e. The number of benzene rings is 2. The molecule has 2 aromatic rings. The summed E-state index contributed by atoms with van der Waals surface area (Å²) in [6.45, 7) is 3.90. The summed E-state index contributed by atoms with van der Waals surface area (Å²) in [5.74, 6) is 2.30. The zero-order chi connectivity index (χ0) is 21.1. The Morgan fingerprint density at radius 1 is 0.931 bits per heavy atom. The Morgan fingerprint density at radius 3 is 2.21 bits per heavy atom. The van der Waals surface area contributed by atoms with Crippen LogP contribution in [0.4, 0.5) is 5.69 Å². The van der Waals surface area contributed by atoms with Crippen molar-refractivity contribution in [3.05, 3.63) is 35.4 Å². The van der Waals surface area contributed by atoms with Crippen LogP contribution in [0.2, 0.25) is 0 Å². The Balaban J connectivity index is 2.28. The molecule has 0 spiro atoms. The lowest BCUT2D eigenvalue weighted by Gasteiger charge is -2.31. The van der Waals surface area contributed by atoms with E-state index in [9.17, 15) is 4.79 Å². The Hall–Kier alpha value is -3.09. The molecule has 0 fully saturated rings. The van der Waals surface area contributed by atoms with Crippen LogP contribution in [0, 0.1) is 0 Å². The highest BCUT2D eigenvalue weighted by atomic mass is 16.5. The third-order valence-corrected chi connectivity index (χ3v) is 4.84. The molecule has 29 heavy (non-hydrogen) atoms. The van der Waals surface area contributed by atoms with Gasteiger partial charge in [0, 0.05) is 29.5 Å². The number of hydrogen-bond donors (Lipinski definition) is 1. The summed E-state index contributed by atoms with van der Waals surface area (Å²) in [7, 11) is 6.27. The van der Waals surface area contributed by atoms with Crippen LogP contribution in [0.15, 0.2) is 24.3 Å². The zero-order valence-electron chi connectivity index (χ0n) is 17.6. The monoisotopic (exact) mass is 401 g/mol. The third kappa shape index (κ3) is 3.77. The second-order valence-electron chi connectivity index (χ2n) is 6.96. The molecular formula is C22H27NO6. The van der Waals surface area contributed by atoms with Gasteiger partial charge in [-0.25, -0.2) is 0 Å². The largest absolute Gasteiger partial charge is 0.493 e. The number of carbonyl (C=O) groups is 1. The predicted molar refractivity (Wildman–Crippen MR) is 110 cm³/mol. The molecule has 3 rings (SSSR count). The van der Waals surface area contributed by atoms with Gasteiger partial charge in [0.1, 0.15) is 0 Å². The highest BCUT2D eigenvalue weighted by molar-refractivity contribution is 5.97. The molecule has 0 unspecified atom stereocenters. The van der Waals surface area contributed by atoms with E-state index >= 15 is 0 Å². The summed E-state index contributed by atoms with van der Waals surface area (Å²) in [6.07, 6.45) is 0.176. The van der Waals surface area contributed by atoms with Gasteiger partial charge in [-0.3, -0.25) is 4.79 Å². The van der Waals surface area contributed by atoms with Gasteiger partial charge in [0.05, 0.1) is 40.2 Å². The maximum Gasteiger partial charge on any atom is 0.225 e. The van der Waals surface area contributed by atoms with Crippen molar-refractivity contribution in [1.29, 1.82) is 0 Å². The van der Waals surface area contributed by atoms with E-state index in [-0.39, 0.29) is 24.3 Å². The van der Waals surface area contributed by atoms with E-state index in [2.05, 4.69) is 5.32 Å². The molecule has 1 atom stereocenters. The summed E-state index contributed by atoms with van der Waals surface area (Å²) in [5.41, 5.74) is 2.28. The fraction of sp³-hybridized carbons (Fsp3) is 0.409. The number of para-hydroxylation sites is 1. The summed E-state index contributed by atoms with van der Waals surface area (Å²) in [5, 5.41) is 2.92. The lowest BCUT2D eigenvalue weighted by atomic mass is 9.83. The maximum absolute atomic E-state index is 12.6. The van der Waals surface area contributed by atoms with Gasteiger partial charge in [-0.2, -0.15) is 0 Å². The van der Waals surface area contributed by atoms with Crippen LogP contribution in [0.5, 0.6) is 28.7 Å². The normalized spacial score (nSPS) is 15.4. The number of amides is 1. The molecule has 0 saturated carbocycles. The van der Waals surface area contributed by atoms with E-state index in [0.717, 1.165) is 11.1 Å². The Kier molecular flexibility index (Phi) is 6.06. The topological polar surface area (TPSA) is 75.3 Å². The van der Waals surface area contributed by atoms with Crippen LogP contribution in [0.1, 0.15) is 37.3 Å². The van der Waals surface area contributed by atoms with E-state index in [1.165, 1.54) is 0 Å². The highest BCUT2D eigenvalue weighted by Gasteiger charge is 2.35. The SMILES string of the molecule is COc1cccc([C@H]2CC(=O)Nc3cc(OC)c(OC)c(OC)c32)c1OC(C)C. The number of anilines is 1.